The molecule has 0 radical (unpaired) electrons. The molecular weight excluding hydrogens is 194 g/mol. The summed E-state index contributed by atoms with van der Waals surface area (Å²) in [4.78, 5) is 9.96. The van der Waals surface area contributed by atoms with E-state index in [9.17, 15) is 4.79 Å². The van der Waals surface area contributed by atoms with E-state index < -0.39 is 0 Å². The van der Waals surface area contributed by atoms with Crippen molar-refractivity contribution >= 4 is 23.4 Å². The van der Waals surface area contributed by atoms with Crippen molar-refractivity contribution in [1.29, 1.82) is 0 Å². The largest absolute Gasteiger partial charge is 0.356 e. The van der Waals surface area contributed by atoms with E-state index in [1.165, 1.54) is 32.1 Å². The van der Waals surface area contributed by atoms with Gasteiger partial charge in [0.15, 0.2) is 0 Å². The van der Waals surface area contributed by atoms with Crippen LogP contribution >= 0.6 is 17.0 Å². The summed E-state index contributed by atoms with van der Waals surface area (Å²) in [6, 6.07) is 0.483. The maximum absolute atomic E-state index is 9.96. The van der Waals surface area contributed by atoms with Crippen LogP contribution in [0.1, 0.15) is 32.1 Å². The van der Waals surface area contributed by atoms with Gasteiger partial charge in [0.1, 0.15) is 0 Å². The van der Waals surface area contributed by atoms with E-state index in [1.807, 2.05) is 0 Å². The van der Waals surface area contributed by atoms with Gasteiger partial charge < -0.3 is 5.32 Å². The minimum Gasteiger partial charge on any atom is -0.356 e. The van der Waals surface area contributed by atoms with Crippen LogP contribution in [0, 0.1) is 0 Å². The zero-order chi connectivity index (χ0) is 6.53. The van der Waals surface area contributed by atoms with Gasteiger partial charge in [0.05, 0.1) is 0 Å². The fraction of sp³-hybridized carbons (Fsp3) is 0.857. The molecule has 10 heavy (non-hydrogen) atoms. The predicted octanol–water partition coefficient (Wildman–Crippen LogP) is 1.64. The smallest absolute Gasteiger partial charge is 0.207 e. The normalized spacial score (nSPS) is 19.2. The number of carbonyl (C=O) groups is 1. The average Bonchev–Trinajstić information content (AvgIpc) is 1.91. The van der Waals surface area contributed by atoms with Gasteiger partial charge in [-0.2, -0.15) is 0 Å². The number of rotatable bonds is 2. The van der Waals surface area contributed by atoms with Gasteiger partial charge in [-0.1, -0.05) is 19.3 Å². The van der Waals surface area contributed by atoms with Gasteiger partial charge in [-0.25, -0.2) is 0 Å². The lowest BCUT2D eigenvalue weighted by molar-refractivity contribution is -0.110. The highest BCUT2D eigenvalue weighted by Gasteiger charge is 2.10. The third-order valence-corrected chi connectivity index (χ3v) is 1.91. The van der Waals surface area contributed by atoms with Crippen LogP contribution in [0.25, 0.3) is 0 Å². The Labute approximate surface area is 72.1 Å². The first-order chi connectivity index (χ1) is 4.43. The van der Waals surface area contributed by atoms with Crippen molar-refractivity contribution < 1.29 is 4.79 Å². The Kier molecular flexibility index (Phi) is 5.69. The van der Waals surface area contributed by atoms with E-state index in [0.717, 1.165) is 6.41 Å². The fourth-order valence-electron chi connectivity index (χ4n) is 1.37. The molecule has 1 aliphatic rings. The van der Waals surface area contributed by atoms with Gasteiger partial charge in [0.25, 0.3) is 0 Å². The van der Waals surface area contributed by atoms with E-state index >= 15 is 0 Å². The van der Waals surface area contributed by atoms with Crippen molar-refractivity contribution in [1.82, 2.24) is 5.32 Å². The second kappa shape index (κ2) is 5.71. The van der Waals surface area contributed by atoms with Gasteiger partial charge in [0, 0.05) is 6.04 Å². The molecule has 0 unspecified atom stereocenters. The third kappa shape index (κ3) is 3.20. The summed E-state index contributed by atoms with van der Waals surface area (Å²) in [5, 5.41) is 2.80. The quantitative estimate of drug-likeness (QED) is 0.686. The average molecular weight is 208 g/mol. The van der Waals surface area contributed by atoms with Crippen molar-refractivity contribution in [3.63, 3.8) is 0 Å². The second-order valence-corrected chi connectivity index (χ2v) is 2.62. The van der Waals surface area contributed by atoms with Gasteiger partial charge >= 0.3 is 0 Å². The Morgan fingerprint density at radius 3 is 2.30 bits per heavy atom. The maximum Gasteiger partial charge on any atom is 0.207 e. The van der Waals surface area contributed by atoms with Crippen LogP contribution in [0.2, 0.25) is 0 Å². The molecule has 0 aromatic carbocycles. The second-order valence-electron chi connectivity index (χ2n) is 2.62. The molecule has 0 atom stereocenters. The standard InChI is InChI=1S/C7H13NO.BrH/c9-6-8-7-4-2-1-3-5-7;/h6-7H,1-5H2,(H,8,9);1H. The minimum atomic E-state index is 0. The number of halogens is 1. The molecule has 1 amide bonds. The lowest BCUT2D eigenvalue weighted by atomic mass is 9.96. The molecule has 0 spiro atoms. The molecule has 3 heteroatoms. The van der Waals surface area contributed by atoms with Crippen molar-refractivity contribution in [3.8, 4) is 0 Å². The number of carbonyl (C=O) groups excluding carboxylic acids is 1. The first kappa shape index (κ1) is 9.95. The molecule has 0 bridgehead atoms. The third-order valence-electron chi connectivity index (χ3n) is 1.91. The summed E-state index contributed by atoms with van der Waals surface area (Å²) < 4.78 is 0. The summed E-state index contributed by atoms with van der Waals surface area (Å²) in [6.45, 7) is 0. The van der Waals surface area contributed by atoms with E-state index in [2.05, 4.69) is 5.32 Å². The molecule has 2 nitrogen and oxygen atoms in total. The fourth-order valence-corrected chi connectivity index (χ4v) is 1.37. The molecule has 1 N–H and O–H groups in total. The molecule has 0 heterocycles. The van der Waals surface area contributed by atoms with Gasteiger partial charge in [0.2, 0.25) is 6.41 Å². The molecule has 1 fully saturated rings. The van der Waals surface area contributed by atoms with E-state index in [0.29, 0.717) is 6.04 Å². The Morgan fingerprint density at radius 1 is 1.20 bits per heavy atom. The Hall–Kier alpha value is -0.0500. The Balaban J connectivity index is 0.000000810. The van der Waals surface area contributed by atoms with Crippen LogP contribution in [0.5, 0.6) is 0 Å². The minimum absolute atomic E-state index is 0. The molecule has 1 aliphatic carbocycles. The zero-order valence-corrected chi connectivity index (χ0v) is 7.72. The summed E-state index contributed by atoms with van der Waals surface area (Å²) >= 11 is 0. The molecule has 0 saturated heterocycles. The molecule has 1 rings (SSSR count). The number of hydrogen-bond donors (Lipinski definition) is 1. The van der Waals surface area contributed by atoms with Crippen molar-refractivity contribution in [2.24, 2.45) is 0 Å². The van der Waals surface area contributed by atoms with Crippen LogP contribution in [0.3, 0.4) is 0 Å². The van der Waals surface area contributed by atoms with Crippen molar-refractivity contribution in [3.05, 3.63) is 0 Å². The predicted molar refractivity (Wildman–Crippen MR) is 46.4 cm³/mol. The zero-order valence-electron chi connectivity index (χ0n) is 6.01. The summed E-state index contributed by atoms with van der Waals surface area (Å²) in [6.07, 6.45) is 7.08. The van der Waals surface area contributed by atoms with Crippen molar-refractivity contribution in [2.75, 3.05) is 0 Å². The van der Waals surface area contributed by atoms with Crippen LogP contribution in [0.15, 0.2) is 0 Å². The van der Waals surface area contributed by atoms with Gasteiger partial charge in [-0.3, -0.25) is 4.79 Å². The molecule has 60 valence electrons. The molecule has 0 aliphatic heterocycles. The van der Waals surface area contributed by atoms with E-state index in [-0.39, 0.29) is 17.0 Å². The number of hydrogen-bond acceptors (Lipinski definition) is 1. The molecule has 0 aromatic rings. The Bertz CT molecular complexity index is 91.6. The molecular formula is C7H14BrNO. The first-order valence-corrected chi connectivity index (χ1v) is 3.63. The van der Waals surface area contributed by atoms with Gasteiger partial charge in [-0.15, -0.1) is 17.0 Å². The van der Waals surface area contributed by atoms with Gasteiger partial charge in [-0.05, 0) is 12.8 Å². The van der Waals surface area contributed by atoms with Crippen LogP contribution in [-0.4, -0.2) is 12.5 Å². The summed E-state index contributed by atoms with van der Waals surface area (Å²) in [7, 11) is 0. The van der Waals surface area contributed by atoms with Crippen LogP contribution in [0.4, 0.5) is 0 Å². The molecule has 1 saturated carbocycles. The lowest BCUT2D eigenvalue weighted by Crippen LogP contribution is -2.29. The summed E-state index contributed by atoms with van der Waals surface area (Å²) in [5.41, 5.74) is 0. The topological polar surface area (TPSA) is 29.1 Å². The number of amides is 1. The van der Waals surface area contributed by atoms with E-state index in [1.54, 1.807) is 0 Å². The van der Waals surface area contributed by atoms with Crippen LogP contribution < -0.4 is 5.32 Å². The maximum atomic E-state index is 9.96. The summed E-state index contributed by atoms with van der Waals surface area (Å²) in [5.74, 6) is 0. The Morgan fingerprint density at radius 2 is 1.80 bits per heavy atom. The number of nitrogens with one attached hydrogen (secondary N) is 1. The molecule has 0 aromatic heterocycles. The highest BCUT2D eigenvalue weighted by atomic mass is 79.9. The highest BCUT2D eigenvalue weighted by Crippen LogP contribution is 2.16. The van der Waals surface area contributed by atoms with Crippen molar-refractivity contribution in [2.45, 2.75) is 38.1 Å². The SMILES string of the molecule is Br.O=CNC1CCCCC1. The van der Waals surface area contributed by atoms with E-state index in [4.69, 9.17) is 0 Å². The van der Waals surface area contributed by atoms with Crippen LogP contribution in [-0.2, 0) is 4.79 Å². The monoisotopic (exact) mass is 207 g/mol. The lowest BCUT2D eigenvalue weighted by Gasteiger charge is -2.19. The highest BCUT2D eigenvalue weighted by molar-refractivity contribution is 8.93. The first-order valence-electron chi connectivity index (χ1n) is 3.63.